The Hall–Kier alpha value is -2.38. The number of allylic oxidation sites excluding steroid dienone is 1. The lowest BCUT2D eigenvalue weighted by Crippen LogP contribution is -2.02. The van der Waals surface area contributed by atoms with Gasteiger partial charge in [-0.3, -0.25) is 4.98 Å². The molecule has 0 aliphatic carbocycles. The van der Waals surface area contributed by atoms with Crippen molar-refractivity contribution in [2.45, 2.75) is 0 Å². The molecule has 1 aromatic carbocycles. The number of benzene rings is 1. The third kappa shape index (κ3) is 2.72. The summed E-state index contributed by atoms with van der Waals surface area (Å²) in [6, 6.07) is 9.28. The molecule has 0 aliphatic heterocycles. The molecule has 5 heteroatoms. The van der Waals surface area contributed by atoms with Crippen molar-refractivity contribution in [2.75, 3.05) is 0 Å². The minimum atomic E-state index is -0.457. The fraction of sp³-hybridized carbons (Fsp3) is 0. The number of pyridine rings is 1. The highest BCUT2D eigenvalue weighted by Gasteiger charge is 2.12. The molecular formula is C14H9ClFN3. The summed E-state index contributed by atoms with van der Waals surface area (Å²) in [6.45, 7) is 0. The Morgan fingerprint density at radius 1 is 1.37 bits per heavy atom. The third-order valence-electron chi connectivity index (χ3n) is 2.55. The van der Waals surface area contributed by atoms with E-state index in [1.807, 2.05) is 6.07 Å². The van der Waals surface area contributed by atoms with E-state index in [0.717, 1.165) is 6.07 Å². The van der Waals surface area contributed by atoms with Gasteiger partial charge < -0.3 is 5.73 Å². The Morgan fingerprint density at radius 2 is 2.16 bits per heavy atom. The van der Waals surface area contributed by atoms with Gasteiger partial charge in [0.15, 0.2) is 0 Å². The number of halogens is 2. The van der Waals surface area contributed by atoms with Crippen molar-refractivity contribution in [3.05, 3.63) is 64.7 Å². The lowest BCUT2D eigenvalue weighted by Gasteiger charge is -2.08. The van der Waals surface area contributed by atoms with Crippen LogP contribution in [0.15, 0.2) is 42.7 Å². The first-order valence-electron chi connectivity index (χ1n) is 5.39. The van der Waals surface area contributed by atoms with Gasteiger partial charge >= 0.3 is 0 Å². The average Bonchev–Trinajstić information content (AvgIpc) is 2.40. The Labute approximate surface area is 114 Å². The van der Waals surface area contributed by atoms with Gasteiger partial charge in [0.25, 0.3) is 0 Å². The highest BCUT2D eigenvalue weighted by atomic mass is 35.5. The zero-order chi connectivity index (χ0) is 13.8. The molecule has 3 nitrogen and oxygen atoms in total. The van der Waals surface area contributed by atoms with Gasteiger partial charge in [-0.05, 0) is 24.3 Å². The van der Waals surface area contributed by atoms with E-state index in [4.69, 9.17) is 17.3 Å². The molecule has 0 spiro atoms. The van der Waals surface area contributed by atoms with Gasteiger partial charge in [0, 0.05) is 23.5 Å². The highest BCUT2D eigenvalue weighted by Crippen LogP contribution is 2.27. The fourth-order valence-corrected chi connectivity index (χ4v) is 1.90. The van der Waals surface area contributed by atoms with Gasteiger partial charge in [-0.2, -0.15) is 5.26 Å². The summed E-state index contributed by atoms with van der Waals surface area (Å²) in [7, 11) is 0. The largest absolute Gasteiger partial charge is 0.397 e. The van der Waals surface area contributed by atoms with Crippen molar-refractivity contribution >= 4 is 22.9 Å². The van der Waals surface area contributed by atoms with E-state index in [1.165, 1.54) is 18.3 Å². The molecule has 94 valence electrons. The summed E-state index contributed by atoms with van der Waals surface area (Å²) >= 11 is 5.93. The highest BCUT2D eigenvalue weighted by molar-refractivity contribution is 6.32. The van der Waals surface area contributed by atoms with Crippen LogP contribution < -0.4 is 5.73 Å². The maximum absolute atomic E-state index is 13.0. The van der Waals surface area contributed by atoms with Crippen molar-refractivity contribution in [1.82, 2.24) is 4.98 Å². The molecule has 1 aromatic heterocycles. The minimum Gasteiger partial charge on any atom is -0.397 e. The van der Waals surface area contributed by atoms with Crippen LogP contribution in [0.3, 0.4) is 0 Å². The van der Waals surface area contributed by atoms with Gasteiger partial charge in [-0.25, -0.2) is 4.39 Å². The fourth-order valence-electron chi connectivity index (χ4n) is 1.63. The molecule has 2 N–H and O–H groups in total. The van der Waals surface area contributed by atoms with Crippen LogP contribution in [-0.4, -0.2) is 4.98 Å². The van der Waals surface area contributed by atoms with E-state index in [9.17, 15) is 9.65 Å². The topological polar surface area (TPSA) is 62.7 Å². The molecule has 2 rings (SSSR count). The molecule has 2 aromatic rings. The maximum atomic E-state index is 13.0. The van der Waals surface area contributed by atoms with Crippen molar-refractivity contribution in [1.29, 1.82) is 5.26 Å². The first-order valence-corrected chi connectivity index (χ1v) is 5.77. The van der Waals surface area contributed by atoms with E-state index in [1.54, 1.807) is 18.3 Å². The van der Waals surface area contributed by atoms with Crippen LogP contribution in [0.5, 0.6) is 0 Å². The van der Waals surface area contributed by atoms with E-state index in [-0.39, 0.29) is 16.3 Å². The second-order valence-electron chi connectivity index (χ2n) is 3.77. The Bertz CT molecular complexity index is 675. The maximum Gasteiger partial charge on any atom is 0.124 e. The number of nitrogens with two attached hydrogens (primary N) is 1. The van der Waals surface area contributed by atoms with Crippen LogP contribution in [0.25, 0.3) is 11.3 Å². The first kappa shape index (κ1) is 13.1. The predicted molar refractivity (Wildman–Crippen MR) is 72.3 cm³/mol. The van der Waals surface area contributed by atoms with Gasteiger partial charge in [0.2, 0.25) is 0 Å². The Morgan fingerprint density at radius 3 is 2.74 bits per heavy atom. The molecule has 0 fully saturated rings. The van der Waals surface area contributed by atoms with Crippen molar-refractivity contribution in [3.63, 3.8) is 0 Å². The van der Waals surface area contributed by atoms with Crippen LogP contribution in [0.4, 0.5) is 4.39 Å². The lowest BCUT2D eigenvalue weighted by molar-refractivity contribution is 0.628. The van der Waals surface area contributed by atoms with Crippen LogP contribution >= 0.6 is 11.6 Å². The quantitative estimate of drug-likeness (QED) is 0.855. The molecule has 0 atom stereocenters. The minimum absolute atomic E-state index is 0.161. The summed E-state index contributed by atoms with van der Waals surface area (Å²) in [5.41, 5.74) is 7.41. The van der Waals surface area contributed by atoms with E-state index in [2.05, 4.69) is 4.98 Å². The molecule has 0 saturated heterocycles. The van der Waals surface area contributed by atoms with E-state index in [0.29, 0.717) is 11.1 Å². The SMILES string of the molecule is N#C/C(=C(/N)c1ccc(F)cc1Cl)c1cccnc1. The molecule has 0 bridgehead atoms. The number of hydrogen-bond donors (Lipinski definition) is 1. The Balaban J connectivity index is 2.59. The molecule has 0 radical (unpaired) electrons. The molecule has 0 aliphatic rings. The predicted octanol–water partition coefficient (Wildman–Crippen LogP) is 3.22. The van der Waals surface area contributed by atoms with Crippen LogP contribution in [-0.2, 0) is 0 Å². The Kier molecular flexibility index (Phi) is 3.79. The standard InChI is InChI=1S/C14H9ClFN3/c15-13-6-10(16)3-4-11(13)14(18)12(7-17)9-2-1-5-19-8-9/h1-6,8H,18H2/b14-12-. The van der Waals surface area contributed by atoms with Gasteiger partial charge in [0.1, 0.15) is 11.9 Å². The zero-order valence-corrected chi connectivity index (χ0v) is 10.5. The number of nitrogens with zero attached hydrogens (tertiary/aromatic N) is 2. The summed E-state index contributed by atoms with van der Waals surface area (Å²) in [5, 5.41) is 9.39. The molecular weight excluding hydrogens is 265 g/mol. The molecule has 0 amide bonds. The number of hydrogen-bond acceptors (Lipinski definition) is 3. The van der Waals surface area contributed by atoms with Gasteiger partial charge in [0.05, 0.1) is 16.3 Å². The summed E-state index contributed by atoms with van der Waals surface area (Å²) < 4.78 is 13.0. The summed E-state index contributed by atoms with van der Waals surface area (Å²) in [5.74, 6) is -0.457. The smallest absolute Gasteiger partial charge is 0.124 e. The normalized spacial score (nSPS) is 11.6. The van der Waals surface area contributed by atoms with Gasteiger partial charge in [-0.1, -0.05) is 17.7 Å². The molecule has 0 unspecified atom stereocenters. The number of aromatic nitrogens is 1. The third-order valence-corrected chi connectivity index (χ3v) is 2.87. The second-order valence-corrected chi connectivity index (χ2v) is 4.17. The van der Waals surface area contributed by atoms with Crippen LogP contribution in [0.2, 0.25) is 5.02 Å². The summed E-state index contributed by atoms with van der Waals surface area (Å²) in [4.78, 5) is 3.93. The van der Waals surface area contributed by atoms with Crippen molar-refractivity contribution in [3.8, 4) is 6.07 Å². The first-order chi connectivity index (χ1) is 9.13. The van der Waals surface area contributed by atoms with Crippen molar-refractivity contribution in [2.24, 2.45) is 5.73 Å². The van der Waals surface area contributed by atoms with E-state index < -0.39 is 5.82 Å². The van der Waals surface area contributed by atoms with Crippen molar-refractivity contribution < 1.29 is 4.39 Å². The monoisotopic (exact) mass is 273 g/mol. The second kappa shape index (κ2) is 5.51. The van der Waals surface area contributed by atoms with Crippen LogP contribution in [0, 0.1) is 17.1 Å². The number of nitriles is 1. The number of rotatable bonds is 2. The van der Waals surface area contributed by atoms with Gasteiger partial charge in [-0.15, -0.1) is 0 Å². The molecule has 0 saturated carbocycles. The average molecular weight is 274 g/mol. The van der Waals surface area contributed by atoms with Crippen LogP contribution in [0.1, 0.15) is 11.1 Å². The lowest BCUT2D eigenvalue weighted by atomic mass is 10.0. The zero-order valence-electron chi connectivity index (χ0n) is 9.77. The van der Waals surface area contributed by atoms with E-state index >= 15 is 0 Å². The molecule has 19 heavy (non-hydrogen) atoms. The molecule has 1 heterocycles. The summed E-state index contributed by atoms with van der Waals surface area (Å²) in [6.07, 6.45) is 3.13.